The van der Waals surface area contributed by atoms with Crippen LogP contribution in [0.4, 0.5) is 5.69 Å². The third-order valence-electron chi connectivity index (χ3n) is 2.49. The van der Waals surface area contributed by atoms with Crippen molar-refractivity contribution >= 4 is 15.7 Å². The Morgan fingerprint density at radius 1 is 1.47 bits per heavy atom. The molecule has 1 heterocycles. The summed E-state index contributed by atoms with van der Waals surface area (Å²) >= 11 is 0. The van der Waals surface area contributed by atoms with Crippen LogP contribution in [0.25, 0.3) is 0 Å². The molecule has 1 aromatic rings. The summed E-state index contributed by atoms with van der Waals surface area (Å²) in [7, 11) is -2.13. The first-order valence-electron chi connectivity index (χ1n) is 5.15. The van der Waals surface area contributed by atoms with Crippen molar-refractivity contribution in [2.45, 2.75) is 11.3 Å². The molecule has 0 radical (unpaired) electrons. The number of hydrogen-bond acceptors (Lipinski definition) is 5. The minimum atomic E-state index is -3.61. The number of anilines is 1. The van der Waals surface area contributed by atoms with E-state index in [0.717, 1.165) is 4.47 Å². The Morgan fingerprint density at radius 3 is 2.76 bits per heavy atom. The minimum absolute atomic E-state index is 0.109. The molecule has 1 aliphatic heterocycles. The molecule has 0 aliphatic carbocycles. The first-order chi connectivity index (χ1) is 8.05. The Labute approximate surface area is 99.9 Å². The number of sulfonamides is 1. The van der Waals surface area contributed by atoms with Gasteiger partial charge < -0.3 is 10.5 Å². The molecule has 0 aromatic heterocycles. The van der Waals surface area contributed by atoms with Crippen LogP contribution < -0.4 is 10.5 Å². The van der Waals surface area contributed by atoms with E-state index in [-0.39, 0.29) is 10.6 Å². The average Bonchev–Trinajstić information content (AvgIpc) is 2.83. The monoisotopic (exact) mass is 258 g/mol. The third-order valence-corrected chi connectivity index (χ3v) is 4.16. The van der Waals surface area contributed by atoms with Crippen LogP contribution >= 0.6 is 0 Å². The predicted octanol–water partition coefficient (Wildman–Crippen LogP) is 0.603. The van der Waals surface area contributed by atoms with Crippen LogP contribution in [0, 0.1) is 0 Å². The molecule has 1 aliphatic rings. The van der Waals surface area contributed by atoms with Gasteiger partial charge in [0.05, 0.1) is 24.3 Å². The van der Waals surface area contributed by atoms with Crippen LogP contribution in [0.3, 0.4) is 0 Å². The fraction of sp³-hybridized carbons (Fsp3) is 0.400. The summed E-state index contributed by atoms with van der Waals surface area (Å²) < 4.78 is 30.1. The molecule has 1 fully saturated rings. The van der Waals surface area contributed by atoms with Gasteiger partial charge in [0, 0.05) is 6.54 Å². The number of nitrogens with zero attached hydrogens (tertiary/aromatic N) is 1. The molecule has 2 N–H and O–H groups in total. The highest BCUT2D eigenvalue weighted by molar-refractivity contribution is 7.89. The van der Waals surface area contributed by atoms with Gasteiger partial charge in [-0.3, -0.25) is 4.84 Å². The van der Waals surface area contributed by atoms with Gasteiger partial charge in [0.25, 0.3) is 10.0 Å². The number of benzene rings is 1. The van der Waals surface area contributed by atoms with Crippen LogP contribution in [-0.2, 0) is 14.9 Å². The lowest BCUT2D eigenvalue weighted by Crippen LogP contribution is -2.26. The summed E-state index contributed by atoms with van der Waals surface area (Å²) in [4.78, 5) is 5.15. The van der Waals surface area contributed by atoms with Gasteiger partial charge in [-0.05, 0) is 24.6 Å². The lowest BCUT2D eigenvalue weighted by molar-refractivity contribution is -0.0284. The normalized spacial score (nSPS) is 17.2. The van der Waals surface area contributed by atoms with Gasteiger partial charge in [-0.15, -0.1) is 0 Å². The van der Waals surface area contributed by atoms with Gasteiger partial charge in [-0.25, -0.2) is 8.42 Å². The van der Waals surface area contributed by atoms with E-state index in [0.29, 0.717) is 25.3 Å². The van der Waals surface area contributed by atoms with Crippen molar-refractivity contribution < 1.29 is 18.0 Å². The van der Waals surface area contributed by atoms with E-state index in [1.165, 1.54) is 25.3 Å². The zero-order valence-corrected chi connectivity index (χ0v) is 10.2. The van der Waals surface area contributed by atoms with E-state index in [1.807, 2.05) is 0 Å². The Bertz CT molecular complexity index is 509. The minimum Gasteiger partial charge on any atom is -0.495 e. The van der Waals surface area contributed by atoms with Crippen LogP contribution in [0.5, 0.6) is 5.75 Å². The van der Waals surface area contributed by atoms with Gasteiger partial charge in [0.15, 0.2) is 0 Å². The largest absolute Gasteiger partial charge is 0.495 e. The van der Waals surface area contributed by atoms with Crippen molar-refractivity contribution in [1.82, 2.24) is 4.47 Å². The molecule has 2 rings (SSSR count). The van der Waals surface area contributed by atoms with Gasteiger partial charge in [0.1, 0.15) is 5.75 Å². The first kappa shape index (κ1) is 12.2. The molecule has 1 saturated heterocycles. The van der Waals surface area contributed by atoms with Gasteiger partial charge >= 0.3 is 0 Å². The maximum Gasteiger partial charge on any atom is 0.265 e. The van der Waals surface area contributed by atoms with Crippen molar-refractivity contribution in [3.8, 4) is 5.75 Å². The second kappa shape index (κ2) is 4.52. The highest BCUT2D eigenvalue weighted by Crippen LogP contribution is 2.27. The number of nitrogens with two attached hydrogens (primary N) is 1. The van der Waals surface area contributed by atoms with Gasteiger partial charge in [-0.2, -0.15) is 0 Å². The van der Waals surface area contributed by atoms with Crippen molar-refractivity contribution in [1.29, 1.82) is 0 Å². The summed E-state index contributed by atoms with van der Waals surface area (Å²) in [5.74, 6) is 0.450. The Morgan fingerprint density at radius 2 is 2.24 bits per heavy atom. The highest BCUT2D eigenvalue weighted by Gasteiger charge is 2.29. The lowest BCUT2D eigenvalue weighted by Gasteiger charge is -2.15. The summed E-state index contributed by atoms with van der Waals surface area (Å²) in [6.45, 7) is 0.791. The molecule has 1 aromatic carbocycles. The van der Waals surface area contributed by atoms with Crippen LogP contribution in [-0.4, -0.2) is 33.1 Å². The predicted molar refractivity (Wildman–Crippen MR) is 61.9 cm³/mol. The maximum atomic E-state index is 12.1. The lowest BCUT2D eigenvalue weighted by atomic mass is 10.3. The molecule has 6 nitrogen and oxygen atoms in total. The number of nitrogen functional groups attached to an aromatic ring is 1. The Hall–Kier alpha value is -1.31. The number of ether oxygens (including phenoxy) is 1. The molecule has 0 atom stereocenters. The van der Waals surface area contributed by atoms with E-state index >= 15 is 0 Å². The van der Waals surface area contributed by atoms with E-state index in [4.69, 9.17) is 15.3 Å². The Balaban J connectivity index is 2.36. The topological polar surface area (TPSA) is 81.9 Å². The van der Waals surface area contributed by atoms with Crippen LogP contribution in [0.15, 0.2) is 23.1 Å². The molecule has 0 unspecified atom stereocenters. The van der Waals surface area contributed by atoms with Crippen molar-refractivity contribution in [3.05, 3.63) is 18.2 Å². The van der Waals surface area contributed by atoms with Crippen molar-refractivity contribution in [3.63, 3.8) is 0 Å². The van der Waals surface area contributed by atoms with E-state index < -0.39 is 10.0 Å². The molecular weight excluding hydrogens is 244 g/mol. The van der Waals surface area contributed by atoms with Crippen LogP contribution in [0.1, 0.15) is 6.42 Å². The molecule has 0 amide bonds. The zero-order chi connectivity index (χ0) is 12.5. The number of methoxy groups -OCH3 is 1. The van der Waals surface area contributed by atoms with Crippen molar-refractivity contribution in [2.75, 3.05) is 26.0 Å². The highest BCUT2D eigenvalue weighted by atomic mass is 32.2. The fourth-order valence-electron chi connectivity index (χ4n) is 1.60. The van der Waals surface area contributed by atoms with Crippen molar-refractivity contribution in [2.24, 2.45) is 0 Å². The third kappa shape index (κ3) is 2.21. The number of hydroxylamine groups is 1. The summed E-state index contributed by atoms with van der Waals surface area (Å²) in [6.07, 6.45) is 0.699. The molecule has 17 heavy (non-hydrogen) atoms. The summed E-state index contributed by atoms with van der Waals surface area (Å²) in [6, 6.07) is 4.35. The fourth-order valence-corrected chi connectivity index (χ4v) is 2.94. The van der Waals surface area contributed by atoms with E-state index in [2.05, 4.69) is 0 Å². The molecule has 0 spiro atoms. The molecular formula is C10H14N2O4S. The zero-order valence-electron chi connectivity index (χ0n) is 9.42. The summed E-state index contributed by atoms with van der Waals surface area (Å²) in [5.41, 5.74) is 5.96. The first-order valence-corrected chi connectivity index (χ1v) is 6.59. The van der Waals surface area contributed by atoms with E-state index in [1.54, 1.807) is 0 Å². The maximum absolute atomic E-state index is 12.1. The van der Waals surface area contributed by atoms with Gasteiger partial charge in [0.2, 0.25) is 0 Å². The smallest absolute Gasteiger partial charge is 0.265 e. The molecule has 0 bridgehead atoms. The standard InChI is InChI=1S/C10H14N2O4S/c1-15-10-4-3-8(7-9(10)11)17(13,14)12-5-2-6-16-12/h3-4,7H,2,5-6,11H2,1H3. The quantitative estimate of drug-likeness (QED) is 0.803. The average molecular weight is 258 g/mol. The SMILES string of the molecule is COc1ccc(S(=O)(=O)N2CCCO2)cc1N. The summed E-state index contributed by atoms with van der Waals surface area (Å²) in [5, 5.41) is 0. The van der Waals surface area contributed by atoms with Crippen LogP contribution in [0.2, 0.25) is 0 Å². The molecule has 0 saturated carbocycles. The number of hydrogen-bond donors (Lipinski definition) is 1. The second-order valence-electron chi connectivity index (χ2n) is 3.62. The molecule has 94 valence electrons. The van der Waals surface area contributed by atoms with Gasteiger partial charge in [-0.1, -0.05) is 4.47 Å². The number of rotatable bonds is 3. The van der Waals surface area contributed by atoms with E-state index in [9.17, 15) is 8.42 Å². The Kier molecular flexibility index (Phi) is 3.23. The second-order valence-corrected chi connectivity index (χ2v) is 5.45. The molecule has 7 heteroatoms.